The van der Waals surface area contributed by atoms with Gasteiger partial charge in [0.1, 0.15) is 11.3 Å². The fourth-order valence-electron chi connectivity index (χ4n) is 3.36. The van der Waals surface area contributed by atoms with Crippen LogP contribution in [0, 0.1) is 6.92 Å². The van der Waals surface area contributed by atoms with E-state index in [4.69, 9.17) is 4.74 Å². The van der Waals surface area contributed by atoms with Crippen LogP contribution in [-0.2, 0) is 4.79 Å². The van der Waals surface area contributed by atoms with E-state index in [-0.39, 0.29) is 24.1 Å². The maximum atomic E-state index is 12.7. The van der Waals surface area contributed by atoms with Gasteiger partial charge in [-0.15, -0.1) is 0 Å². The minimum absolute atomic E-state index is 0.0139. The minimum Gasteiger partial charge on any atom is -0.482 e. The van der Waals surface area contributed by atoms with Crippen molar-refractivity contribution in [1.29, 1.82) is 0 Å². The molecular weight excluding hydrogens is 382 g/mol. The highest BCUT2D eigenvalue weighted by molar-refractivity contribution is 5.96. The van der Waals surface area contributed by atoms with Crippen molar-refractivity contribution >= 4 is 17.5 Å². The van der Waals surface area contributed by atoms with Crippen molar-refractivity contribution in [3.05, 3.63) is 81.6 Å². The predicted octanol–water partition coefficient (Wildman–Crippen LogP) is 3.17. The highest BCUT2D eigenvalue weighted by Crippen LogP contribution is 2.30. The second-order valence-corrected chi connectivity index (χ2v) is 7.27. The van der Waals surface area contributed by atoms with Gasteiger partial charge in [-0.1, -0.05) is 29.8 Å². The van der Waals surface area contributed by atoms with Crippen LogP contribution in [-0.4, -0.2) is 23.4 Å². The second-order valence-electron chi connectivity index (χ2n) is 7.27. The molecule has 0 radical (unpaired) electrons. The molecule has 0 bridgehead atoms. The topological polar surface area (TPSA) is 100 Å². The van der Waals surface area contributed by atoms with E-state index in [1.807, 2.05) is 37.3 Å². The van der Waals surface area contributed by atoms with E-state index in [9.17, 15) is 14.4 Å². The molecule has 1 aliphatic rings. The molecule has 0 aliphatic carbocycles. The van der Waals surface area contributed by atoms with Gasteiger partial charge < -0.3 is 20.4 Å². The summed E-state index contributed by atoms with van der Waals surface area (Å²) in [5, 5.41) is 5.57. The molecule has 2 amide bonds. The molecule has 0 fully saturated rings. The molecule has 1 atom stereocenters. The monoisotopic (exact) mass is 403 g/mol. The predicted molar refractivity (Wildman–Crippen MR) is 114 cm³/mol. The zero-order chi connectivity index (χ0) is 21.3. The van der Waals surface area contributed by atoms with Crippen molar-refractivity contribution < 1.29 is 14.3 Å². The molecule has 0 spiro atoms. The van der Waals surface area contributed by atoms with E-state index < -0.39 is 11.5 Å². The summed E-state index contributed by atoms with van der Waals surface area (Å²) in [5.74, 6) is -0.117. The first kappa shape index (κ1) is 19.4. The average Bonchev–Trinajstić information content (AvgIpc) is 2.73. The molecule has 4 rings (SSSR count). The Morgan fingerprint density at radius 3 is 2.70 bits per heavy atom. The van der Waals surface area contributed by atoms with E-state index in [0.717, 1.165) is 16.7 Å². The number of carbonyl (C=O) groups excluding carboxylic acids is 2. The fraction of sp³-hybridized carbons (Fsp3) is 0.174. The summed E-state index contributed by atoms with van der Waals surface area (Å²) in [6.45, 7) is 3.77. The molecule has 0 saturated heterocycles. The zero-order valence-electron chi connectivity index (χ0n) is 16.6. The Labute approximate surface area is 173 Å². The lowest BCUT2D eigenvalue weighted by atomic mass is 10.1. The molecule has 2 heterocycles. The molecule has 2 aromatic carbocycles. The molecule has 1 aliphatic heterocycles. The van der Waals surface area contributed by atoms with Crippen LogP contribution >= 0.6 is 0 Å². The Morgan fingerprint density at radius 2 is 1.93 bits per heavy atom. The third-order valence-corrected chi connectivity index (χ3v) is 4.97. The molecule has 3 aromatic rings. The summed E-state index contributed by atoms with van der Waals surface area (Å²) in [5.41, 5.74) is 3.53. The van der Waals surface area contributed by atoms with Crippen LogP contribution in [0.2, 0.25) is 0 Å². The number of aromatic nitrogens is 1. The van der Waals surface area contributed by atoms with Gasteiger partial charge >= 0.3 is 0 Å². The van der Waals surface area contributed by atoms with Gasteiger partial charge in [-0.05, 0) is 55.3 Å². The number of anilines is 1. The lowest BCUT2D eigenvalue weighted by Gasteiger charge is -2.21. The summed E-state index contributed by atoms with van der Waals surface area (Å²) >= 11 is 0. The number of fused-ring (bicyclic) bond motifs is 1. The van der Waals surface area contributed by atoms with Crippen LogP contribution in [0.5, 0.6) is 5.75 Å². The number of H-pyrrole nitrogens is 1. The molecule has 152 valence electrons. The number of ether oxygens (including phenoxy) is 1. The number of hydrogen-bond acceptors (Lipinski definition) is 4. The molecule has 1 aromatic heterocycles. The number of pyridine rings is 1. The molecule has 30 heavy (non-hydrogen) atoms. The number of benzene rings is 2. The SMILES string of the molecule is Cc1cccc(-c2ccc(C(=O)NC(C)c3ccc4c(c3)NC(=O)CO4)c(=O)[nH]2)c1. The number of aryl methyl sites for hydroxylation is 1. The van der Waals surface area contributed by atoms with Crippen molar-refractivity contribution in [1.82, 2.24) is 10.3 Å². The van der Waals surface area contributed by atoms with Crippen LogP contribution < -0.4 is 20.9 Å². The van der Waals surface area contributed by atoms with Crippen molar-refractivity contribution in [2.45, 2.75) is 19.9 Å². The van der Waals surface area contributed by atoms with Crippen LogP contribution in [0.3, 0.4) is 0 Å². The van der Waals surface area contributed by atoms with E-state index in [1.54, 1.807) is 25.1 Å². The van der Waals surface area contributed by atoms with Gasteiger partial charge in [0.15, 0.2) is 6.61 Å². The molecule has 0 saturated carbocycles. The van der Waals surface area contributed by atoms with Crippen molar-refractivity contribution in [3.8, 4) is 17.0 Å². The van der Waals surface area contributed by atoms with Crippen molar-refractivity contribution in [2.75, 3.05) is 11.9 Å². The number of amides is 2. The summed E-state index contributed by atoms with van der Waals surface area (Å²) in [4.78, 5) is 39.5. The number of aromatic amines is 1. The molecule has 1 unspecified atom stereocenters. The number of nitrogens with one attached hydrogen (secondary N) is 3. The maximum absolute atomic E-state index is 12.7. The largest absolute Gasteiger partial charge is 0.482 e. The van der Waals surface area contributed by atoms with Gasteiger partial charge in [-0.25, -0.2) is 0 Å². The Bertz CT molecular complexity index is 1200. The first-order valence-electron chi connectivity index (χ1n) is 9.58. The van der Waals surface area contributed by atoms with Gasteiger partial charge in [0.25, 0.3) is 17.4 Å². The second kappa shape index (κ2) is 7.87. The minimum atomic E-state index is -0.474. The third-order valence-electron chi connectivity index (χ3n) is 4.97. The fourth-order valence-corrected chi connectivity index (χ4v) is 3.36. The Kier molecular flexibility index (Phi) is 5.10. The normalized spacial score (nSPS) is 13.6. The maximum Gasteiger partial charge on any atom is 0.262 e. The molecule has 3 N–H and O–H groups in total. The van der Waals surface area contributed by atoms with Gasteiger partial charge in [0, 0.05) is 5.69 Å². The van der Waals surface area contributed by atoms with Gasteiger partial charge in [-0.3, -0.25) is 14.4 Å². The van der Waals surface area contributed by atoms with Crippen LogP contribution in [0.4, 0.5) is 5.69 Å². The van der Waals surface area contributed by atoms with E-state index in [2.05, 4.69) is 15.6 Å². The van der Waals surface area contributed by atoms with Gasteiger partial charge in [0.2, 0.25) is 0 Å². The number of rotatable bonds is 4. The van der Waals surface area contributed by atoms with E-state index >= 15 is 0 Å². The lowest BCUT2D eigenvalue weighted by Crippen LogP contribution is -2.32. The van der Waals surface area contributed by atoms with Gasteiger partial charge in [-0.2, -0.15) is 0 Å². The van der Waals surface area contributed by atoms with E-state index in [1.165, 1.54) is 6.07 Å². The van der Waals surface area contributed by atoms with Crippen molar-refractivity contribution in [3.63, 3.8) is 0 Å². The smallest absolute Gasteiger partial charge is 0.262 e. The Hall–Kier alpha value is -3.87. The van der Waals surface area contributed by atoms with Crippen LogP contribution in [0.25, 0.3) is 11.3 Å². The zero-order valence-corrected chi connectivity index (χ0v) is 16.6. The molecule has 7 nitrogen and oxygen atoms in total. The number of carbonyl (C=O) groups is 2. The number of hydrogen-bond donors (Lipinski definition) is 3. The highest BCUT2D eigenvalue weighted by atomic mass is 16.5. The third kappa shape index (κ3) is 3.96. The summed E-state index contributed by atoms with van der Waals surface area (Å²) in [6, 6.07) is 15.9. The molecular formula is C23H21N3O4. The average molecular weight is 403 g/mol. The highest BCUT2D eigenvalue weighted by Gasteiger charge is 2.19. The Morgan fingerprint density at radius 1 is 1.10 bits per heavy atom. The van der Waals surface area contributed by atoms with Gasteiger partial charge in [0.05, 0.1) is 11.7 Å². The lowest BCUT2D eigenvalue weighted by molar-refractivity contribution is -0.118. The first-order chi connectivity index (χ1) is 14.4. The molecule has 7 heteroatoms. The van der Waals surface area contributed by atoms with Crippen LogP contribution in [0.1, 0.15) is 34.5 Å². The van der Waals surface area contributed by atoms with E-state index in [0.29, 0.717) is 17.1 Å². The van der Waals surface area contributed by atoms with Crippen molar-refractivity contribution in [2.24, 2.45) is 0 Å². The Balaban J connectivity index is 1.52. The standard InChI is InChI=1S/C23H21N3O4/c1-13-4-3-5-16(10-13)18-8-7-17(23(29)26-18)22(28)24-14(2)15-6-9-20-19(11-15)25-21(27)12-30-20/h3-11,14H,12H2,1-2H3,(H,24,28)(H,25,27)(H,26,29). The summed E-state index contributed by atoms with van der Waals surface area (Å²) in [6.07, 6.45) is 0. The summed E-state index contributed by atoms with van der Waals surface area (Å²) in [7, 11) is 0. The summed E-state index contributed by atoms with van der Waals surface area (Å²) < 4.78 is 5.35. The first-order valence-corrected chi connectivity index (χ1v) is 9.58. The quantitative estimate of drug-likeness (QED) is 0.623. The van der Waals surface area contributed by atoms with Crippen LogP contribution in [0.15, 0.2) is 59.4 Å².